The Kier molecular flexibility index (Phi) is 3.94. The lowest BCUT2D eigenvalue weighted by molar-refractivity contribution is 0.118. The lowest BCUT2D eigenvalue weighted by Crippen LogP contribution is -2.25. The summed E-state index contributed by atoms with van der Waals surface area (Å²) in [5.41, 5.74) is 5.91. The van der Waals surface area contributed by atoms with Crippen molar-refractivity contribution >= 4 is 0 Å². The van der Waals surface area contributed by atoms with E-state index in [1.807, 2.05) is 0 Å². The topological polar surface area (TPSA) is 48.1 Å². The number of rotatable bonds is 3. The van der Waals surface area contributed by atoms with Gasteiger partial charge >= 0.3 is 0 Å². The highest BCUT2D eigenvalue weighted by Gasteiger charge is 2.22. The number of ether oxygens (including phenoxy) is 1. The van der Waals surface area contributed by atoms with Crippen molar-refractivity contribution in [2.45, 2.75) is 45.3 Å². The van der Waals surface area contributed by atoms with Crippen LogP contribution in [0.15, 0.2) is 12.3 Å². The average molecular weight is 238 g/mol. The Morgan fingerprint density at radius 3 is 3.06 bits per heavy atom. The molecule has 1 fully saturated rings. The summed E-state index contributed by atoms with van der Waals surface area (Å²) in [6, 6.07) is 1.59. The molecule has 1 saturated carbocycles. The maximum Gasteiger partial charge on any atom is 0.250 e. The second kappa shape index (κ2) is 5.45. The molecule has 1 aromatic heterocycles. The molecule has 2 atom stereocenters. The molecule has 0 aliphatic heterocycles. The van der Waals surface area contributed by atoms with Gasteiger partial charge in [-0.15, -0.1) is 0 Å². The fourth-order valence-electron chi connectivity index (χ4n) is 2.35. The summed E-state index contributed by atoms with van der Waals surface area (Å²) < 4.78 is 19.5. The number of hydrogen-bond donors (Lipinski definition) is 1. The van der Waals surface area contributed by atoms with E-state index in [9.17, 15) is 4.39 Å². The highest BCUT2D eigenvalue weighted by molar-refractivity contribution is 5.23. The highest BCUT2D eigenvalue weighted by atomic mass is 19.1. The molecular formula is C13H19FN2O. The lowest BCUT2D eigenvalue weighted by Gasteiger charge is -2.27. The molecule has 1 aliphatic rings. The lowest BCUT2D eigenvalue weighted by atomic mass is 9.89. The molecule has 0 spiro atoms. The number of aromatic nitrogens is 1. The Balaban J connectivity index is 2.07. The van der Waals surface area contributed by atoms with Crippen LogP contribution in [0.3, 0.4) is 0 Å². The van der Waals surface area contributed by atoms with Crippen molar-refractivity contribution < 1.29 is 9.13 Å². The third kappa shape index (κ3) is 2.94. The van der Waals surface area contributed by atoms with E-state index in [1.54, 1.807) is 12.3 Å². The molecule has 17 heavy (non-hydrogen) atoms. The van der Waals surface area contributed by atoms with Gasteiger partial charge in [-0.2, -0.15) is 0 Å². The molecule has 0 amide bonds. The van der Waals surface area contributed by atoms with Crippen LogP contribution in [0.25, 0.3) is 0 Å². The Morgan fingerprint density at radius 1 is 1.53 bits per heavy atom. The molecule has 0 bridgehead atoms. The maximum absolute atomic E-state index is 13.9. The molecule has 0 saturated heterocycles. The number of nitrogens with two attached hydrogens (primary N) is 1. The molecule has 2 unspecified atom stereocenters. The second-order valence-electron chi connectivity index (χ2n) is 4.80. The van der Waals surface area contributed by atoms with Crippen molar-refractivity contribution in [1.82, 2.24) is 4.98 Å². The van der Waals surface area contributed by atoms with Gasteiger partial charge in [-0.3, -0.25) is 0 Å². The molecule has 94 valence electrons. The van der Waals surface area contributed by atoms with E-state index in [-0.39, 0.29) is 18.5 Å². The zero-order valence-corrected chi connectivity index (χ0v) is 10.2. The largest absolute Gasteiger partial charge is 0.472 e. The standard InChI is InChI=1S/C13H19FN2O/c1-9-3-2-4-11(7-9)17-13-12(14)10(8-15)5-6-16-13/h5-6,9,11H,2-4,7-8,15H2,1H3. The van der Waals surface area contributed by atoms with Gasteiger partial charge in [0.15, 0.2) is 5.82 Å². The fourth-order valence-corrected chi connectivity index (χ4v) is 2.35. The van der Waals surface area contributed by atoms with Gasteiger partial charge in [0, 0.05) is 18.3 Å². The van der Waals surface area contributed by atoms with Gasteiger partial charge in [0.25, 0.3) is 5.88 Å². The minimum atomic E-state index is -0.409. The third-order valence-corrected chi connectivity index (χ3v) is 3.32. The van der Waals surface area contributed by atoms with Gasteiger partial charge in [-0.05, 0) is 31.2 Å². The summed E-state index contributed by atoms with van der Waals surface area (Å²) in [4.78, 5) is 3.95. The number of pyridine rings is 1. The summed E-state index contributed by atoms with van der Waals surface area (Å²) in [7, 11) is 0. The molecular weight excluding hydrogens is 219 g/mol. The molecule has 2 N–H and O–H groups in total. The summed E-state index contributed by atoms with van der Waals surface area (Å²) in [6.07, 6.45) is 5.98. The van der Waals surface area contributed by atoms with Crippen LogP contribution in [-0.4, -0.2) is 11.1 Å². The van der Waals surface area contributed by atoms with E-state index in [0.29, 0.717) is 11.5 Å². The van der Waals surface area contributed by atoms with Crippen molar-refractivity contribution in [2.75, 3.05) is 0 Å². The number of nitrogens with zero attached hydrogens (tertiary/aromatic N) is 1. The average Bonchev–Trinajstić information content (AvgIpc) is 2.32. The van der Waals surface area contributed by atoms with Crippen LogP contribution in [0.2, 0.25) is 0 Å². The minimum absolute atomic E-state index is 0.0915. The predicted molar refractivity (Wildman–Crippen MR) is 64.1 cm³/mol. The number of hydrogen-bond acceptors (Lipinski definition) is 3. The predicted octanol–water partition coefficient (Wildman–Crippen LogP) is 2.64. The van der Waals surface area contributed by atoms with Crippen LogP contribution in [-0.2, 0) is 6.54 Å². The minimum Gasteiger partial charge on any atom is -0.472 e. The zero-order chi connectivity index (χ0) is 12.3. The molecule has 3 nitrogen and oxygen atoms in total. The maximum atomic E-state index is 13.9. The first kappa shape index (κ1) is 12.3. The molecule has 1 heterocycles. The third-order valence-electron chi connectivity index (χ3n) is 3.32. The summed E-state index contributed by atoms with van der Waals surface area (Å²) in [5, 5.41) is 0. The van der Waals surface area contributed by atoms with Crippen LogP contribution < -0.4 is 10.5 Å². The summed E-state index contributed by atoms with van der Waals surface area (Å²) >= 11 is 0. The normalized spacial score (nSPS) is 24.6. The van der Waals surface area contributed by atoms with Crippen molar-refractivity contribution in [1.29, 1.82) is 0 Å². The first-order valence-corrected chi connectivity index (χ1v) is 6.20. The van der Waals surface area contributed by atoms with Crippen molar-refractivity contribution in [3.8, 4) is 5.88 Å². The van der Waals surface area contributed by atoms with Crippen LogP contribution in [0.1, 0.15) is 38.2 Å². The van der Waals surface area contributed by atoms with E-state index in [0.717, 1.165) is 19.3 Å². The van der Waals surface area contributed by atoms with Gasteiger partial charge in [-0.25, -0.2) is 9.37 Å². The van der Waals surface area contributed by atoms with Gasteiger partial charge in [-0.1, -0.05) is 13.3 Å². The highest BCUT2D eigenvalue weighted by Crippen LogP contribution is 2.28. The summed E-state index contributed by atoms with van der Waals surface area (Å²) in [5.74, 6) is 0.342. The van der Waals surface area contributed by atoms with Crippen LogP contribution in [0.4, 0.5) is 4.39 Å². The van der Waals surface area contributed by atoms with Crippen molar-refractivity contribution in [2.24, 2.45) is 11.7 Å². The van der Waals surface area contributed by atoms with Gasteiger partial charge < -0.3 is 10.5 Å². The monoisotopic (exact) mass is 238 g/mol. The Labute approximate surface area is 101 Å². The van der Waals surface area contributed by atoms with Crippen LogP contribution in [0.5, 0.6) is 5.88 Å². The molecule has 1 aliphatic carbocycles. The van der Waals surface area contributed by atoms with Crippen LogP contribution in [0, 0.1) is 11.7 Å². The number of halogens is 1. The van der Waals surface area contributed by atoms with Gasteiger partial charge in [0.05, 0.1) is 0 Å². The second-order valence-corrected chi connectivity index (χ2v) is 4.80. The molecule has 0 aromatic carbocycles. The van der Waals surface area contributed by atoms with E-state index in [4.69, 9.17) is 10.5 Å². The molecule has 4 heteroatoms. The first-order chi connectivity index (χ1) is 8.20. The van der Waals surface area contributed by atoms with Gasteiger partial charge in [0.1, 0.15) is 6.10 Å². The van der Waals surface area contributed by atoms with E-state index in [2.05, 4.69) is 11.9 Å². The first-order valence-electron chi connectivity index (χ1n) is 6.20. The van der Waals surface area contributed by atoms with E-state index >= 15 is 0 Å². The molecule has 2 rings (SSSR count). The quantitative estimate of drug-likeness (QED) is 0.880. The Bertz CT molecular complexity index is 384. The van der Waals surface area contributed by atoms with Crippen molar-refractivity contribution in [3.05, 3.63) is 23.6 Å². The zero-order valence-electron chi connectivity index (χ0n) is 10.2. The van der Waals surface area contributed by atoms with E-state index < -0.39 is 5.82 Å². The SMILES string of the molecule is CC1CCCC(Oc2nccc(CN)c2F)C1. The molecule has 0 radical (unpaired) electrons. The van der Waals surface area contributed by atoms with E-state index in [1.165, 1.54) is 6.42 Å². The smallest absolute Gasteiger partial charge is 0.250 e. The van der Waals surface area contributed by atoms with Crippen LogP contribution >= 0.6 is 0 Å². The fraction of sp³-hybridized carbons (Fsp3) is 0.615. The van der Waals surface area contributed by atoms with Crippen molar-refractivity contribution in [3.63, 3.8) is 0 Å². The van der Waals surface area contributed by atoms with Gasteiger partial charge in [0.2, 0.25) is 0 Å². The Morgan fingerprint density at radius 2 is 2.35 bits per heavy atom. The summed E-state index contributed by atoms with van der Waals surface area (Å²) in [6.45, 7) is 2.38. The molecule has 1 aromatic rings. The Hall–Kier alpha value is -1.16.